The van der Waals surface area contributed by atoms with Gasteiger partial charge in [0.15, 0.2) is 5.78 Å². The number of carbonyl (C=O) groups is 1. The predicted molar refractivity (Wildman–Crippen MR) is 99.4 cm³/mol. The average Bonchev–Trinajstić information content (AvgIpc) is 3.06. The smallest absolute Gasteiger partial charge is 0.269 e. The van der Waals surface area contributed by atoms with Gasteiger partial charge in [0.05, 0.1) is 11.5 Å². The Morgan fingerprint density at radius 1 is 1.28 bits per heavy atom. The van der Waals surface area contributed by atoms with Crippen molar-refractivity contribution < 1.29 is 9.72 Å². The van der Waals surface area contributed by atoms with Crippen LogP contribution in [-0.2, 0) is 4.79 Å². The maximum Gasteiger partial charge on any atom is 0.269 e. The molecule has 6 heteroatoms. The van der Waals surface area contributed by atoms with Crippen molar-refractivity contribution in [2.75, 3.05) is 24.5 Å². The molecule has 0 spiro atoms. The molecule has 1 saturated heterocycles. The number of allylic oxidation sites excluding steroid dienone is 3. The largest absolute Gasteiger partial charge is 0.319 e. The number of likely N-dealkylation sites (tertiary alicyclic amines) is 1. The van der Waals surface area contributed by atoms with Gasteiger partial charge in [-0.1, -0.05) is 12.7 Å². The van der Waals surface area contributed by atoms with Crippen LogP contribution in [0.3, 0.4) is 0 Å². The third kappa shape index (κ3) is 5.26. The van der Waals surface area contributed by atoms with Gasteiger partial charge < -0.3 is 4.90 Å². The summed E-state index contributed by atoms with van der Waals surface area (Å²) in [5, 5.41) is 10.8. The number of nitrogens with zero attached hydrogens (tertiary/aromatic N) is 3. The van der Waals surface area contributed by atoms with E-state index in [1.54, 1.807) is 12.1 Å². The Labute approximate surface area is 148 Å². The third-order valence-electron chi connectivity index (χ3n) is 4.28. The van der Waals surface area contributed by atoms with Gasteiger partial charge in [0.2, 0.25) is 0 Å². The first kappa shape index (κ1) is 18.9. The summed E-state index contributed by atoms with van der Waals surface area (Å²) in [6, 6.07) is 6.32. The molecule has 0 saturated carbocycles. The number of benzene rings is 1. The maximum atomic E-state index is 12.1. The second-order valence-corrected chi connectivity index (χ2v) is 6.42. The van der Waals surface area contributed by atoms with E-state index in [-0.39, 0.29) is 11.5 Å². The third-order valence-corrected chi connectivity index (χ3v) is 4.28. The first-order chi connectivity index (χ1) is 11.9. The summed E-state index contributed by atoms with van der Waals surface area (Å²) in [4.78, 5) is 26.6. The minimum absolute atomic E-state index is 0.0489. The molecular formula is C19H25N3O3. The van der Waals surface area contributed by atoms with Gasteiger partial charge in [-0.15, -0.1) is 0 Å². The lowest BCUT2D eigenvalue weighted by atomic mass is 10.2. The Morgan fingerprint density at radius 2 is 1.88 bits per heavy atom. The fourth-order valence-corrected chi connectivity index (χ4v) is 3.06. The molecule has 0 unspecified atom stereocenters. The van der Waals surface area contributed by atoms with Crippen molar-refractivity contribution >= 4 is 17.2 Å². The molecular weight excluding hydrogens is 318 g/mol. The standard InChI is InChI=1S/C19H25N3O3/c1-15(2)21(17-7-9-18(10-8-17)22(24)25)16(3)6-11-19(23)14-20-12-4-5-13-20/h6-10H,1,4-5,11-14H2,2-3H3/b16-6-. The summed E-state index contributed by atoms with van der Waals surface area (Å²) in [6.07, 6.45) is 4.62. The monoisotopic (exact) mass is 343 g/mol. The summed E-state index contributed by atoms with van der Waals surface area (Å²) in [5.41, 5.74) is 2.51. The molecule has 134 valence electrons. The van der Waals surface area contributed by atoms with Gasteiger partial charge in [0.25, 0.3) is 5.69 Å². The highest BCUT2D eigenvalue weighted by Crippen LogP contribution is 2.26. The summed E-state index contributed by atoms with van der Waals surface area (Å²) in [7, 11) is 0. The summed E-state index contributed by atoms with van der Waals surface area (Å²) in [6.45, 7) is 10.3. The number of hydrogen-bond donors (Lipinski definition) is 0. The van der Waals surface area contributed by atoms with Crippen LogP contribution in [0, 0.1) is 10.1 Å². The van der Waals surface area contributed by atoms with Crippen LogP contribution in [-0.4, -0.2) is 35.2 Å². The van der Waals surface area contributed by atoms with Crippen molar-refractivity contribution in [2.24, 2.45) is 0 Å². The van der Waals surface area contributed by atoms with Crippen LogP contribution >= 0.6 is 0 Å². The van der Waals surface area contributed by atoms with E-state index in [0.29, 0.717) is 13.0 Å². The number of Topliss-reactive ketones (excluding diaryl/α,β-unsaturated/α-hetero) is 1. The van der Waals surface area contributed by atoms with E-state index in [1.165, 1.54) is 25.0 Å². The fraction of sp³-hybridized carbons (Fsp3) is 0.421. The Morgan fingerprint density at radius 3 is 2.40 bits per heavy atom. The number of non-ortho nitro benzene ring substituents is 1. The van der Waals surface area contributed by atoms with E-state index < -0.39 is 4.92 Å². The second-order valence-electron chi connectivity index (χ2n) is 6.42. The lowest BCUT2D eigenvalue weighted by Gasteiger charge is -2.25. The van der Waals surface area contributed by atoms with Gasteiger partial charge >= 0.3 is 0 Å². The Bertz CT molecular complexity index is 674. The van der Waals surface area contributed by atoms with E-state index in [9.17, 15) is 14.9 Å². The van der Waals surface area contributed by atoms with Crippen LogP contribution in [0.4, 0.5) is 11.4 Å². The highest BCUT2D eigenvalue weighted by molar-refractivity contribution is 5.82. The van der Waals surface area contributed by atoms with E-state index in [4.69, 9.17) is 0 Å². The zero-order valence-corrected chi connectivity index (χ0v) is 14.9. The van der Waals surface area contributed by atoms with E-state index >= 15 is 0 Å². The number of anilines is 1. The summed E-state index contributed by atoms with van der Waals surface area (Å²) >= 11 is 0. The molecule has 1 fully saturated rings. The SMILES string of the molecule is C=C(C)N(/C(C)=C\CC(=O)CN1CCCC1)c1ccc([N+](=O)[O-])cc1. The summed E-state index contributed by atoms with van der Waals surface area (Å²) < 4.78 is 0. The zero-order chi connectivity index (χ0) is 18.4. The number of hydrogen-bond acceptors (Lipinski definition) is 5. The Hall–Kier alpha value is -2.47. The molecule has 0 aliphatic carbocycles. The van der Waals surface area contributed by atoms with Gasteiger partial charge in [-0.3, -0.25) is 19.8 Å². The maximum absolute atomic E-state index is 12.1. The fourth-order valence-electron chi connectivity index (χ4n) is 3.06. The van der Waals surface area contributed by atoms with Crippen LogP contribution in [0.2, 0.25) is 0 Å². The molecule has 0 amide bonds. The Balaban J connectivity index is 2.05. The van der Waals surface area contributed by atoms with Gasteiger partial charge in [0, 0.05) is 35.6 Å². The van der Waals surface area contributed by atoms with Crippen molar-refractivity contribution in [3.8, 4) is 0 Å². The van der Waals surface area contributed by atoms with Gasteiger partial charge in [-0.25, -0.2) is 0 Å². The quantitative estimate of drug-likeness (QED) is 0.529. The molecule has 1 aliphatic rings. The molecule has 25 heavy (non-hydrogen) atoms. The van der Waals surface area contributed by atoms with Crippen molar-refractivity contribution in [3.63, 3.8) is 0 Å². The molecule has 1 heterocycles. The second kappa shape index (κ2) is 8.58. The highest BCUT2D eigenvalue weighted by atomic mass is 16.6. The van der Waals surface area contributed by atoms with Gasteiger partial charge in [0.1, 0.15) is 0 Å². The summed E-state index contributed by atoms with van der Waals surface area (Å²) in [5.74, 6) is 0.201. The lowest BCUT2D eigenvalue weighted by Crippen LogP contribution is -2.26. The molecule has 0 atom stereocenters. The van der Waals surface area contributed by atoms with Crippen LogP contribution < -0.4 is 4.90 Å². The van der Waals surface area contributed by atoms with Crippen LogP contribution in [0.1, 0.15) is 33.1 Å². The number of carbonyl (C=O) groups excluding carboxylic acids is 1. The van der Waals surface area contributed by atoms with Gasteiger partial charge in [-0.05, 0) is 51.9 Å². The average molecular weight is 343 g/mol. The number of rotatable bonds is 8. The van der Waals surface area contributed by atoms with Gasteiger partial charge in [-0.2, -0.15) is 0 Å². The molecule has 1 aromatic carbocycles. The first-order valence-corrected chi connectivity index (χ1v) is 8.49. The minimum Gasteiger partial charge on any atom is -0.319 e. The van der Waals surface area contributed by atoms with Crippen LogP contribution in [0.15, 0.2) is 48.3 Å². The molecule has 0 radical (unpaired) electrons. The highest BCUT2D eigenvalue weighted by Gasteiger charge is 2.15. The molecule has 0 N–H and O–H groups in total. The van der Waals surface area contributed by atoms with Crippen LogP contribution in [0.25, 0.3) is 0 Å². The van der Waals surface area contributed by atoms with Crippen molar-refractivity contribution in [1.29, 1.82) is 0 Å². The van der Waals surface area contributed by atoms with E-state index in [2.05, 4.69) is 11.5 Å². The van der Waals surface area contributed by atoms with E-state index in [0.717, 1.165) is 30.2 Å². The predicted octanol–water partition coefficient (Wildman–Crippen LogP) is 3.89. The Kier molecular flexibility index (Phi) is 6.47. The molecule has 1 aromatic rings. The number of nitro benzene ring substituents is 1. The zero-order valence-electron chi connectivity index (χ0n) is 14.9. The number of nitro groups is 1. The molecule has 1 aliphatic heterocycles. The number of ketones is 1. The lowest BCUT2D eigenvalue weighted by molar-refractivity contribution is -0.384. The molecule has 0 bridgehead atoms. The topological polar surface area (TPSA) is 66.7 Å². The molecule has 2 rings (SSSR count). The van der Waals surface area contributed by atoms with Crippen molar-refractivity contribution in [3.05, 3.63) is 58.4 Å². The molecule has 0 aromatic heterocycles. The molecule has 6 nitrogen and oxygen atoms in total. The van der Waals surface area contributed by atoms with E-state index in [1.807, 2.05) is 24.8 Å². The van der Waals surface area contributed by atoms with Crippen molar-refractivity contribution in [1.82, 2.24) is 4.90 Å². The van der Waals surface area contributed by atoms with Crippen molar-refractivity contribution in [2.45, 2.75) is 33.1 Å². The first-order valence-electron chi connectivity index (χ1n) is 8.49. The normalized spacial score (nSPS) is 15.2. The minimum atomic E-state index is -0.422. The van der Waals surface area contributed by atoms with Crippen LogP contribution in [0.5, 0.6) is 0 Å².